The van der Waals surface area contributed by atoms with E-state index in [0.717, 1.165) is 41.5 Å². The average Bonchev–Trinajstić information content (AvgIpc) is 3.38. The molecule has 2 aromatic rings. The van der Waals surface area contributed by atoms with Crippen molar-refractivity contribution in [3.63, 3.8) is 0 Å². The Labute approximate surface area is 203 Å². The molecule has 2 aromatic carbocycles. The molecule has 2 atom stereocenters. The van der Waals surface area contributed by atoms with E-state index in [1.807, 2.05) is 24.3 Å². The summed E-state index contributed by atoms with van der Waals surface area (Å²) in [6.45, 7) is 0.285. The van der Waals surface area contributed by atoms with Crippen molar-refractivity contribution in [3.05, 3.63) is 59.7 Å². The van der Waals surface area contributed by atoms with E-state index in [-0.39, 0.29) is 50.4 Å². The van der Waals surface area contributed by atoms with E-state index < -0.39 is 23.6 Å². The van der Waals surface area contributed by atoms with Crippen molar-refractivity contribution in [2.75, 3.05) is 26.2 Å². The van der Waals surface area contributed by atoms with Crippen LogP contribution in [-0.4, -0.2) is 64.9 Å². The van der Waals surface area contributed by atoms with Gasteiger partial charge in [0, 0.05) is 25.4 Å². The van der Waals surface area contributed by atoms with Crippen molar-refractivity contribution in [2.24, 2.45) is 11.8 Å². The number of rotatable bonds is 7. The fourth-order valence-corrected chi connectivity index (χ4v) is 5.53. The van der Waals surface area contributed by atoms with Gasteiger partial charge in [0.1, 0.15) is 6.61 Å². The number of ether oxygens (including phenoxy) is 1. The van der Waals surface area contributed by atoms with Gasteiger partial charge < -0.3 is 25.2 Å². The third-order valence-corrected chi connectivity index (χ3v) is 7.80. The zero-order chi connectivity index (χ0) is 24.6. The van der Waals surface area contributed by atoms with Crippen LogP contribution in [0.25, 0.3) is 11.1 Å². The number of aliphatic carboxylic acids is 1. The first-order chi connectivity index (χ1) is 16.9. The number of nitrogens with zero attached hydrogens (tertiary/aromatic N) is 1. The first-order valence-electron chi connectivity index (χ1n) is 12.2. The minimum Gasteiger partial charge on any atom is -0.479 e. The van der Waals surface area contributed by atoms with Gasteiger partial charge in [-0.05, 0) is 41.0 Å². The highest BCUT2D eigenvalue weighted by Crippen LogP contribution is 2.44. The standard InChI is InChI=1S/C27H30N2O6/c30-24(29-13-12-27(34,16-29)25(31)32)22(17-6-5-7-17)14-28-26(33)35-15-23-20-10-3-1-8-18(20)19-9-2-4-11-21(19)23/h1-4,8-11,17,22-23,34H,5-7,12-16H2,(H,28,33)(H,31,32). The van der Waals surface area contributed by atoms with Gasteiger partial charge in [-0.25, -0.2) is 9.59 Å². The predicted octanol–water partition coefficient (Wildman–Crippen LogP) is 2.99. The Balaban J connectivity index is 1.20. The summed E-state index contributed by atoms with van der Waals surface area (Å²) in [4.78, 5) is 38.6. The Kier molecular flexibility index (Phi) is 6.23. The number of alkyl carbamates (subject to hydrolysis) is 1. The number of hydrogen-bond acceptors (Lipinski definition) is 5. The van der Waals surface area contributed by atoms with Gasteiger partial charge in [0.25, 0.3) is 0 Å². The summed E-state index contributed by atoms with van der Waals surface area (Å²) >= 11 is 0. The molecule has 1 saturated heterocycles. The molecule has 5 rings (SSSR count). The maximum Gasteiger partial charge on any atom is 0.407 e. The summed E-state index contributed by atoms with van der Waals surface area (Å²) in [5.74, 6) is -1.90. The van der Waals surface area contributed by atoms with Gasteiger partial charge in [-0.1, -0.05) is 55.0 Å². The lowest BCUT2D eigenvalue weighted by Crippen LogP contribution is -2.48. The molecule has 3 N–H and O–H groups in total. The Morgan fingerprint density at radius 2 is 1.69 bits per heavy atom. The molecule has 2 amide bonds. The van der Waals surface area contributed by atoms with Crippen LogP contribution in [0.4, 0.5) is 4.79 Å². The first-order valence-corrected chi connectivity index (χ1v) is 12.2. The van der Waals surface area contributed by atoms with Crippen molar-refractivity contribution in [1.29, 1.82) is 0 Å². The molecule has 0 radical (unpaired) electrons. The number of likely N-dealkylation sites (tertiary alicyclic amines) is 1. The zero-order valence-corrected chi connectivity index (χ0v) is 19.5. The number of benzene rings is 2. The summed E-state index contributed by atoms with van der Waals surface area (Å²) in [6, 6.07) is 16.2. The first kappa shape index (κ1) is 23.4. The second-order valence-corrected chi connectivity index (χ2v) is 9.85. The number of hydrogen-bond donors (Lipinski definition) is 3. The molecule has 1 saturated carbocycles. The summed E-state index contributed by atoms with van der Waals surface area (Å²) in [5.41, 5.74) is 2.66. The lowest BCUT2D eigenvalue weighted by atomic mass is 9.75. The van der Waals surface area contributed by atoms with Gasteiger partial charge in [-0.2, -0.15) is 0 Å². The Morgan fingerprint density at radius 3 is 2.23 bits per heavy atom. The number of carbonyl (C=O) groups excluding carboxylic acids is 2. The fourth-order valence-electron chi connectivity index (χ4n) is 5.53. The number of carbonyl (C=O) groups is 3. The second kappa shape index (κ2) is 9.34. The van der Waals surface area contributed by atoms with Crippen molar-refractivity contribution < 1.29 is 29.3 Å². The van der Waals surface area contributed by atoms with E-state index in [9.17, 15) is 24.6 Å². The molecule has 0 aromatic heterocycles. The molecule has 1 aliphatic heterocycles. The van der Waals surface area contributed by atoms with Crippen LogP contribution < -0.4 is 5.32 Å². The number of fused-ring (bicyclic) bond motifs is 3. The third kappa shape index (κ3) is 4.38. The number of β-amino-alcohol motifs (C(OH)–C–C–N with tert-alkyl or cyclic N) is 1. The Hall–Kier alpha value is -3.39. The number of carboxylic acid groups (broad SMARTS) is 1. The van der Waals surface area contributed by atoms with Crippen LogP contribution >= 0.6 is 0 Å². The highest BCUT2D eigenvalue weighted by atomic mass is 16.5. The van der Waals surface area contributed by atoms with Crippen molar-refractivity contribution >= 4 is 18.0 Å². The molecule has 8 heteroatoms. The predicted molar refractivity (Wildman–Crippen MR) is 128 cm³/mol. The molecule has 8 nitrogen and oxygen atoms in total. The minimum absolute atomic E-state index is 0.00523. The lowest BCUT2D eigenvalue weighted by molar-refractivity contribution is -0.157. The lowest BCUT2D eigenvalue weighted by Gasteiger charge is -2.35. The van der Waals surface area contributed by atoms with Crippen molar-refractivity contribution in [2.45, 2.75) is 37.2 Å². The monoisotopic (exact) mass is 478 g/mol. The van der Waals surface area contributed by atoms with E-state index in [0.29, 0.717) is 0 Å². The van der Waals surface area contributed by atoms with Crippen LogP contribution in [0.3, 0.4) is 0 Å². The highest BCUT2D eigenvalue weighted by molar-refractivity contribution is 5.84. The molecular formula is C27H30N2O6. The topological polar surface area (TPSA) is 116 Å². The number of carboxylic acids is 1. The van der Waals surface area contributed by atoms with E-state index in [2.05, 4.69) is 29.6 Å². The van der Waals surface area contributed by atoms with Gasteiger partial charge in [-0.3, -0.25) is 4.79 Å². The smallest absolute Gasteiger partial charge is 0.407 e. The van der Waals surface area contributed by atoms with Crippen molar-refractivity contribution in [3.8, 4) is 11.1 Å². The molecule has 0 spiro atoms. The number of nitrogens with one attached hydrogen (secondary N) is 1. The molecular weight excluding hydrogens is 448 g/mol. The normalized spacial score (nSPS) is 22.1. The van der Waals surface area contributed by atoms with Crippen molar-refractivity contribution in [1.82, 2.24) is 10.2 Å². The molecule has 1 heterocycles. The molecule has 184 valence electrons. The number of aliphatic hydroxyl groups is 1. The summed E-state index contributed by atoms with van der Waals surface area (Å²) in [5, 5.41) is 22.3. The SMILES string of the molecule is O=C(NCC(C(=O)N1CCC(O)(C(=O)O)C1)C1CCC1)OCC1c2ccccc2-c2ccccc21. The summed E-state index contributed by atoms with van der Waals surface area (Å²) in [7, 11) is 0. The van der Waals surface area contributed by atoms with Crippen LogP contribution in [0.2, 0.25) is 0 Å². The van der Waals surface area contributed by atoms with E-state index in [1.54, 1.807) is 0 Å². The van der Waals surface area contributed by atoms with Gasteiger partial charge in [0.2, 0.25) is 5.91 Å². The number of amides is 2. The Bertz CT molecular complexity index is 1100. The molecule has 3 aliphatic rings. The Morgan fingerprint density at radius 1 is 1.06 bits per heavy atom. The van der Waals surface area contributed by atoms with Gasteiger partial charge >= 0.3 is 12.1 Å². The van der Waals surface area contributed by atoms with E-state index >= 15 is 0 Å². The molecule has 2 unspecified atom stereocenters. The van der Waals surface area contributed by atoms with Crippen LogP contribution in [0.1, 0.15) is 42.7 Å². The second-order valence-electron chi connectivity index (χ2n) is 9.85. The minimum atomic E-state index is -1.90. The van der Waals surface area contributed by atoms with Gasteiger partial charge in [0.05, 0.1) is 12.5 Å². The van der Waals surface area contributed by atoms with Crippen LogP contribution in [0, 0.1) is 11.8 Å². The quantitative estimate of drug-likeness (QED) is 0.563. The van der Waals surface area contributed by atoms with Crippen LogP contribution in [-0.2, 0) is 14.3 Å². The fraction of sp³-hybridized carbons (Fsp3) is 0.444. The zero-order valence-electron chi connectivity index (χ0n) is 19.5. The van der Waals surface area contributed by atoms with E-state index in [1.165, 1.54) is 4.90 Å². The van der Waals surface area contributed by atoms with Crippen LogP contribution in [0.15, 0.2) is 48.5 Å². The third-order valence-electron chi connectivity index (χ3n) is 7.80. The summed E-state index contributed by atoms with van der Waals surface area (Å²) in [6.07, 6.45) is 2.23. The maximum atomic E-state index is 13.2. The molecule has 35 heavy (non-hydrogen) atoms. The largest absolute Gasteiger partial charge is 0.479 e. The van der Waals surface area contributed by atoms with Gasteiger partial charge in [-0.15, -0.1) is 0 Å². The highest BCUT2D eigenvalue weighted by Gasteiger charge is 2.47. The van der Waals surface area contributed by atoms with E-state index in [4.69, 9.17) is 4.74 Å². The molecule has 2 fully saturated rings. The molecule has 0 bridgehead atoms. The molecule has 2 aliphatic carbocycles. The summed E-state index contributed by atoms with van der Waals surface area (Å²) < 4.78 is 5.60. The maximum absolute atomic E-state index is 13.2. The van der Waals surface area contributed by atoms with Crippen LogP contribution in [0.5, 0.6) is 0 Å². The average molecular weight is 479 g/mol. The van der Waals surface area contributed by atoms with Gasteiger partial charge in [0.15, 0.2) is 5.60 Å².